The molecule has 3 aromatic rings. The van der Waals surface area contributed by atoms with Crippen LogP contribution in [0.5, 0.6) is 0 Å². The molecular weight excluding hydrogens is 436 g/mol. The first-order valence-corrected chi connectivity index (χ1v) is 11.2. The van der Waals surface area contributed by atoms with Crippen LogP contribution in [0.4, 0.5) is 16.5 Å². The van der Waals surface area contributed by atoms with Crippen LogP contribution in [-0.4, -0.2) is 28.9 Å². The number of aromatic nitrogens is 1. The summed E-state index contributed by atoms with van der Waals surface area (Å²) in [7, 11) is 0. The lowest BCUT2D eigenvalue weighted by Crippen LogP contribution is -2.33. The number of nitrogens with one attached hydrogen (secondary N) is 1. The molecule has 1 fully saturated rings. The average molecular weight is 457 g/mol. The minimum absolute atomic E-state index is 0.0526. The Balaban J connectivity index is 1.51. The lowest BCUT2D eigenvalue weighted by Gasteiger charge is -2.31. The van der Waals surface area contributed by atoms with Crippen LogP contribution in [0.25, 0.3) is 11.3 Å². The summed E-state index contributed by atoms with van der Waals surface area (Å²) in [6, 6.07) is 11.9. The summed E-state index contributed by atoms with van der Waals surface area (Å²) in [4.78, 5) is 30.4. The fraction of sp³-hybridized carbons (Fsp3) is 0.273. The van der Waals surface area contributed by atoms with E-state index in [1.54, 1.807) is 24.3 Å². The first-order chi connectivity index (χ1) is 14.9. The van der Waals surface area contributed by atoms with E-state index < -0.39 is 10.8 Å². The number of amides is 1. The van der Waals surface area contributed by atoms with E-state index in [-0.39, 0.29) is 11.3 Å². The van der Waals surface area contributed by atoms with Gasteiger partial charge >= 0.3 is 0 Å². The summed E-state index contributed by atoms with van der Waals surface area (Å²) in [6.45, 7) is 3.75. The number of piperidine rings is 1. The largest absolute Gasteiger partial charge is 0.366 e. The molecule has 160 valence electrons. The van der Waals surface area contributed by atoms with Gasteiger partial charge in [0, 0.05) is 40.7 Å². The molecular formula is C22H21ClN4O3S. The van der Waals surface area contributed by atoms with E-state index in [2.05, 4.69) is 17.2 Å². The molecule has 7 nitrogen and oxygen atoms in total. The monoisotopic (exact) mass is 456 g/mol. The Hall–Kier alpha value is -2.97. The molecule has 1 aromatic heterocycles. The topological polar surface area (TPSA) is 88.4 Å². The second-order valence-corrected chi connectivity index (χ2v) is 8.92. The van der Waals surface area contributed by atoms with Crippen molar-refractivity contribution in [1.82, 2.24) is 4.98 Å². The van der Waals surface area contributed by atoms with E-state index in [9.17, 15) is 14.9 Å². The summed E-state index contributed by atoms with van der Waals surface area (Å²) in [6.07, 6.45) is 2.00. The molecule has 1 aliphatic heterocycles. The van der Waals surface area contributed by atoms with Crippen molar-refractivity contribution in [1.29, 1.82) is 0 Å². The van der Waals surface area contributed by atoms with Crippen LogP contribution in [0.1, 0.15) is 30.1 Å². The molecule has 0 atom stereocenters. The van der Waals surface area contributed by atoms with Gasteiger partial charge in [0.2, 0.25) is 0 Å². The van der Waals surface area contributed by atoms with Crippen LogP contribution < -0.4 is 10.2 Å². The number of anilines is 2. The van der Waals surface area contributed by atoms with Gasteiger partial charge in [-0.2, -0.15) is 0 Å². The number of rotatable bonds is 5. The van der Waals surface area contributed by atoms with Crippen molar-refractivity contribution in [3.8, 4) is 11.3 Å². The van der Waals surface area contributed by atoms with Gasteiger partial charge in [-0.05, 0) is 43.0 Å². The predicted molar refractivity (Wildman–Crippen MR) is 124 cm³/mol. The van der Waals surface area contributed by atoms with E-state index in [1.165, 1.54) is 17.4 Å². The smallest absolute Gasteiger partial charge is 0.293 e. The predicted octanol–water partition coefficient (Wildman–Crippen LogP) is 5.86. The number of carbonyl (C=O) groups is 1. The third kappa shape index (κ3) is 4.86. The van der Waals surface area contributed by atoms with E-state index >= 15 is 0 Å². The minimum Gasteiger partial charge on any atom is -0.366 e. The summed E-state index contributed by atoms with van der Waals surface area (Å²) in [5.74, 6) is 0.190. The molecule has 0 spiro atoms. The second kappa shape index (κ2) is 9.03. The van der Waals surface area contributed by atoms with Gasteiger partial charge in [-0.3, -0.25) is 20.2 Å². The van der Waals surface area contributed by atoms with E-state index in [4.69, 9.17) is 11.6 Å². The zero-order chi connectivity index (χ0) is 22.0. The van der Waals surface area contributed by atoms with Crippen molar-refractivity contribution >= 4 is 45.4 Å². The molecule has 31 heavy (non-hydrogen) atoms. The van der Waals surface area contributed by atoms with Gasteiger partial charge in [0.1, 0.15) is 5.69 Å². The van der Waals surface area contributed by atoms with Crippen LogP contribution in [0, 0.1) is 16.0 Å². The molecule has 0 bridgehead atoms. The van der Waals surface area contributed by atoms with Crippen molar-refractivity contribution in [2.45, 2.75) is 19.8 Å². The Kier molecular flexibility index (Phi) is 6.20. The molecule has 0 saturated carbocycles. The van der Waals surface area contributed by atoms with Crippen molar-refractivity contribution < 1.29 is 9.72 Å². The lowest BCUT2D eigenvalue weighted by atomic mass is 9.98. The molecule has 0 radical (unpaired) electrons. The number of thiazole rings is 1. The maximum Gasteiger partial charge on any atom is 0.293 e. The number of nitro benzene ring substituents is 1. The van der Waals surface area contributed by atoms with Gasteiger partial charge in [0.05, 0.1) is 10.6 Å². The number of carbonyl (C=O) groups excluding carboxylic acids is 1. The Bertz CT molecular complexity index is 1110. The Morgan fingerprint density at radius 2 is 1.94 bits per heavy atom. The SMILES string of the molecule is CC1CCN(c2ccc(C(=O)Nc3nc(-c4ccc(Cl)cc4)cs3)cc2[N+](=O)[O-])CC1. The van der Waals surface area contributed by atoms with Gasteiger partial charge in [-0.15, -0.1) is 11.3 Å². The highest BCUT2D eigenvalue weighted by molar-refractivity contribution is 7.14. The molecule has 0 unspecified atom stereocenters. The Labute approximate surface area is 188 Å². The zero-order valence-electron chi connectivity index (χ0n) is 16.9. The molecule has 2 heterocycles. The molecule has 1 saturated heterocycles. The number of nitro groups is 1. The molecule has 2 aromatic carbocycles. The van der Waals surface area contributed by atoms with Gasteiger partial charge in [-0.1, -0.05) is 30.7 Å². The van der Waals surface area contributed by atoms with Crippen LogP contribution >= 0.6 is 22.9 Å². The number of hydrogen-bond donors (Lipinski definition) is 1. The van der Waals surface area contributed by atoms with Crippen LogP contribution in [-0.2, 0) is 0 Å². The summed E-state index contributed by atoms with van der Waals surface area (Å²) >= 11 is 7.21. The summed E-state index contributed by atoms with van der Waals surface area (Å²) < 4.78 is 0. The number of hydrogen-bond acceptors (Lipinski definition) is 6. The molecule has 9 heteroatoms. The molecule has 1 amide bonds. The fourth-order valence-corrected chi connectivity index (χ4v) is 4.42. The number of nitrogens with zero attached hydrogens (tertiary/aromatic N) is 3. The molecule has 4 rings (SSSR count). The highest BCUT2D eigenvalue weighted by atomic mass is 35.5. The zero-order valence-corrected chi connectivity index (χ0v) is 18.4. The summed E-state index contributed by atoms with van der Waals surface area (Å²) in [5, 5.41) is 17.3. The molecule has 1 N–H and O–H groups in total. The second-order valence-electron chi connectivity index (χ2n) is 7.63. The maximum atomic E-state index is 12.7. The van der Waals surface area contributed by atoms with Crippen molar-refractivity contribution in [2.24, 2.45) is 5.92 Å². The van der Waals surface area contributed by atoms with Crippen molar-refractivity contribution in [3.05, 3.63) is 68.5 Å². The normalized spacial score (nSPS) is 14.5. The van der Waals surface area contributed by atoms with Crippen molar-refractivity contribution in [2.75, 3.05) is 23.3 Å². The highest BCUT2D eigenvalue weighted by Crippen LogP contribution is 2.33. The Morgan fingerprint density at radius 1 is 1.23 bits per heavy atom. The molecule has 1 aliphatic rings. The lowest BCUT2D eigenvalue weighted by molar-refractivity contribution is -0.384. The van der Waals surface area contributed by atoms with Gasteiger partial charge in [0.15, 0.2) is 5.13 Å². The number of halogens is 1. The van der Waals surface area contributed by atoms with Crippen LogP contribution in [0.3, 0.4) is 0 Å². The van der Waals surface area contributed by atoms with Crippen LogP contribution in [0.2, 0.25) is 5.02 Å². The first kappa shape index (κ1) is 21.3. The van der Waals surface area contributed by atoms with E-state index in [1.807, 2.05) is 22.4 Å². The van der Waals surface area contributed by atoms with Gasteiger partial charge < -0.3 is 4.90 Å². The fourth-order valence-electron chi connectivity index (χ4n) is 3.58. The number of benzene rings is 2. The van der Waals surface area contributed by atoms with Gasteiger partial charge in [-0.25, -0.2) is 4.98 Å². The quantitative estimate of drug-likeness (QED) is 0.383. The van der Waals surface area contributed by atoms with E-state index in [0.717, 1.165) is 37.2 Å². The van der Waals surface area contributed by atoms with Gasteiger partial charge in [0.25, 0.3) is 11.6 Å². The average Bonchev–Trinajstić information content (AvgIpc) is 3.22. The standard InChI is InChI=1S/C22H21ClN4O3S/c1-14-8-10-26(11-9-14)19-7-4-16(12-20(19)27(29)30)21(28)25-22-24-18(13-31-22)15-2-5-17(23)6-3-15/h2-7,12-14H,8-11H2,1H3,(H,24,25,28). The highest BCUT2D eigenvalue weighted by Gasteiger charge is 2.25. The third-order valence-corrected chi connectivity index (χ3v) is 6.43. The van der Waals surface area contributed by atoms with E-state index in [0.29, 0.717) is 21.8 Å². The van der Waals surface area contributed by atoms with Crippen molar-refractivity contribution in [3.63, 3.8) is 0 Å². The summed E-state index contributed by atoms with van der Waals surface area (Å²) in [5.41, 5.74) is 2.34. The van der Waals surface area contributed by atoms with Crippen LogP contribution in [0.15, 0.2) is 47.8 Å². The maximum absolute atomic E-state index is 12.7. The molecule has 0 aliphatic carbocycles. The third-order valence-electron chi connectivity index (χ3n) is 5.42. The minimum atomic E-state index is -0.432. The first-order valence-electron chi connectivity index (χ1n) is 9.97. The Morgan fingerprint density at radius 3 is 2.61 bits per heavy atom.